The van der Waals surface area contributed by atoms with Crippen LogP contribution < -0.4 is 0 Å². The number of para-hydroxylation sites is 2. The standard InChI is InChI=1S/C16H22N4O2S/c21-23(22)10-5-14(11-23)19-8-6-18(7-9-19)13-20-12-17-15-3-1-2-4-16(15)20/h1-4,12,14H,5-11,13H2/t14-/m0/s1. The number of aromatic nitrogens is 2. The summed E-state index contributed by atoms with van der Waals surface area (Å²) in [7, 11) is -2.79. The Hall–Kier alpha value is -1.44. The molecule has 2 aliphatic heterocycles. The van der Waals surface area contributed by atoms with Crippen molar-refractivity contribution in [2.45, 2.75) is 19.1 Å². The van der Waals surface area contributed by atoms with Gasteiger partial charge in [0.2, 0.25) is 0 Å². The Kier molecular flexibility index (Phi) is 3.87. The highest BCUT2D eigenvalue weighted by Gasteiger charge is 2.33. The minimum atomic E-state index is -2.79. The molecular formula is C16H22N4O2S. The van der Waals surface area contributed by atoms with E-state index in [1.54, 1.807) is 0 Å². The number of rotatable bonds is 3. The normalized spacial score (nSPS) is 26.0. The average Bonchev–Trinajstić information content (AvgIpc) is 3.12. The molecule has 1 aromatic carbocycles. The number of hydrogen-bond acceptors (Lipinski definition) is 5. The zero-order valence-electron chi connectivity index (χ0n) is 13.1. The number of sulfone groups is 1. The van der Waals surface area contributed by atoms with E-state index in [-0.39, 0.29) is 6.04 Å². The quantitative estimate of drug-likeness (QED) is 0.831. The first-order chi connectivity index (χ1) is 11.1. The van der Waals surface area contributed by atoms with Crippen molar-refractivity contribution in [3.8, 4) is 0 Å². The molecule has 23 heavy (non-hydrogen) atoms. The molecule has 4 rings (SSSR count). The van der Waals surface area contributed by atoms with Gasteiger partial charge in [0.25, 0.3) is 0 Å². The van der Waals surface area contributed by atoms with E-state index in [0.717, 1.165) is 50.3 Å². The highest BCUT2D eigenvalue weighted by Crippen LogP contribution is 2.20. The number of benzene rings is 1. The van der Waals surface area contributed by atoms with Crippen molar-refractivity contribution in [3.05, 3.63) is 30.6 Å². The van der Waals surface area contributed by atoms with E-state index >= 15 is 0 Å². The van der Waals surface area contributed by atoms with Gasteiger partial charge in [0, 0.05) is 32.2 Å². The second kappa shape index (κ2) is 5.89. The molecule has 2 saturated heterocycles. The largest absolute Gasteiger partial charge is 0.317 e. The van der Waals surface area contributed by atoms with Gasteiger partial charge >= 0.3 is 0 Å². The van der Waals surface area contributed by atoms with Crippen LogP contribution in [-0.4, -0.2) is 71.5 Å². The SMILES string of the molecule is O=S1(=O)CC[C@H](N2CCN(Cn3cnc4ccccc43)CC2)C1. The Morgan fingerprint density at radius 3 is 2.65 bits per heavy atom. The van der Waals surface area contributed by atoms with Crippen LogP contribution in [0.2, 0.25) is 0 Å². The second-order valence-corrected chi connectivity index (χ2v) is 8.78. The summed E-state index contributed by atoms with van der Waals surface area (Å²) < 4.78 is 25.5. The van der Waals surface area contributed by atoms with Gasteiger partial charge in [-0.05, 0) is 18.6 Å². The zero-order valence-corrected chi connectivity index (χ0v) is 14.0. The van der Waals surface area contributed by atoms with E-state index in [1.165, 1.54) is 0 Å². The van der Waals surface area contributed by atoms with Crippen molar-refractivity contribution in [1.29, 1.82) is 0 Å². The summed E-state index contributed by atoms with van der Waals surface area (Å²) in [5.41, 5.74) is 2.19. The molecule has 2 aliphatic rings. The summed E-state index contributed by atoms with van der Waals surface area (Å²) >= 11 is 0. The summed E-state index contributed by atoms with van der Waals surface area (Å²) in [6.07, 6.45) is 2.70. The summed E-state index contributed by atoms with van der Waals surface area (Å²) in [6, 6.07) is 8.41. The van der Waals surface area contributed by atoms with Gasteiger partial charge in [-0.25, -0.2) is 13.4 Å². The van der Waals surface area contributed by atoms with Gasteiger partial charge in [-0.15, -0.1) is 0 Å². The van der Waals surface area contributed by atoms with Gasteiger partial charge < -0.3 is 4.57 Å². The molecule has 0 spiro atoms. The first kappa shape index (κ1) is 15.1. The molecule has 6 nitrogen and oxygen atoms in total. The molecule has 2 fully saturated rings. The summed E-state index contributed by atoms with van der Waals surface area (Å²) in [6.45, 7) is 4.70. The fourth-order valence-electron chi connectivity index (χ4n) is 3.67. The van der Waals surface area contributed by atoms with E-state index in [4.69, 9.17) is 0 Å². The third-order valence-corrected chi connectivity index (χ3v) is 6.76. The summed E-state index contributed by atoms with van der Waals surface area (Å²) in [5, 5.41) is 0. The van der Waals surface area contributed by atoms with Gasteiger partial charge in [0.05, 0.1) is 35.5 Å². The first-order valence-electron chi connectivity index (χ1n) is 8.17. The minimum Gasteiger partial charge on any atom is -0.317 e. The lowest BCUT2D eigenvalue weighted by molar-refractivity contribution is 0.0857. The van der Waals surface area contributed by atoms with Crippen molar-refractivity contribution in [3.63, 3.8) is 0 Å². The third kappa shape index (κ3) is 3.13. The predicted octanol–water partition coefficient (Wildman–Crippen LogP) is 0.798. The molecule has 0 amide bonds. The lowest BCUT2D eigenvalue weighted by Crippen LogP contribution is -2.50. The molecule has 0 radical (unpaired) electrons. The van der Waals surface area contributed by atoms with Crippen molar-refractivity contribution in [1.82, 2.24) is 19.4 Å². The van der Waals surface area contributed by atoms with Crippen molar-refractivity contribution < 1.29 is 8.42 Å². The maximum absolute atomic E-state index is 11.6. The van der Waals surface area contributed by atoms with Crippen LogP contribution in [0.15, 0.2) is 30.6 Å². The van der Waals surface area contributed by atoms with Gasteiger partial charge in [-0.1, -0.05) is 12.1 Å². The smallest absolute Gasteiger partial charge is 0.151 e. The van der Waals surface area contributed by atoms with Crippen LogP contribution >= 0.6 is 0 Å². The van der Waals surface area contributed by atoms with E-state index < -0.39 is 9.84 Å². The van der Waals surface area contributed by atoms with E-state index in [2.05, 4.69) is 25.4 Å². The number of imidazole rings is 1. The molecule has 0 aliphatic carbocycles. The molecule has 0 unspecified atom stereocenters. The highest BCUT2D eigenvalue weighted by atomic mass is 32.2. The maximum Gasteiger partial charge on any atom is 0.151 e. The summed E-state index contributed by atoms with van der Waals surface area (Å²) in [5.74, 6) is 0.706. The van der Waals surface area contributed by atoms with Crippen LogP contribution in [0.5, 0.6) is 0 Å². The van der Waals surface area contributed by atoms with Gasteiger partial charge in [-0.2, -0.15) is 0 Å². The first-order valence-corrected chi connectivity index (χ1v) is 10.00. The minimum absolute atomic E-state index is 0.233. The van der Waals surface area contributed by atoms with E-state index in [1.807, 2.05) is 24.5 Å². The number of nitrogens with zero attached hydrogens (tertiary/aromatic N) is 4. The highest BCUT2D eigenvalue weighted by molar-refractivity contribution is 7.91. The van der Waals surface area contributed by atoms with Crippen LogP contribution in [0, 0.1) is 0 Å². The molecule has 7 heteroatoms. The molecule has 0 bridgehead atoms. The molecular weight excluding hydrogens is 312 g/mol. The Morgan fingerprint density at radius 1 is 1.13 bits per heavy atom. The fraction of sp³-hybridized carbons (Fsp3) is 0.562. The van der Waals surface area contributed by atoms with Crippen LogP contribution in [0.4, 0.5) is 0 Å². The Balaban J connectivity index is 1.37. The lowest BCUT2D eigenvalue weighted by Gasteiger charge is -2.37. The average molecular weight is 334 g/mol. The van der Waals surface area contributed by atoms with Crippen molar-refractivity contribution in [2.75, 3.05) is 37.7 Å². The van der Waals surface area contributed by atoms with Crippen molar-refractivity contribution in [2.24, 2.45) is 0 Å². The molecule has 124 valence electrons. The van der Waals surface area contributed by atoms with Gasteiger partial charge in [-0.3, -0.25) is 9.80 Å². The molecule has 0 N–H and O–H groups in total. The zero-order chi connectivity index (χ0) is 15.9. The van der Waals surface area contributed by atoms with Gasteiger partial charge in [0.15, 0.2) is 9.84 Å². The van der Waals surface area contributed by atoms with E-state index in [9.17, 15) is 8.42 Å². The fourth-order valence-corrected chi connectivity index (χ4v) is 5.43. The Bertz CT molecular complexity index is 793. The Morgan fingerprint density at radius 2 is 1.91 bits per heavy atom. The van der Waals surface area contributed by atoms with Crippen molar-refractivity contribution >= 4 is 20.9 Å². The molecule has 0 saturated carbocycles. The lowest BCUT2D eigenvalue weighted by atomic mass is 10.2. The Labute approximate surface area is 136 Å². The van der Waals surface area contributed by atoms with Crippen LogP contribution in [0.25, 0.3) is 11.0 Å². The van der Waals surface area contributed by atoms with Crippen LogP contribution in [-0.2, 0) is 16.5 Å². The molecule has 1 atom stereocenters. The van der Waals surface area contributed by atoms with E-state index in [0.29, 0.717) is 11.5 Å². The number of fused-ring (bicyclic) bond motifs is 1. The third-order valence-electron chi connectivity index (χ3n) is 5.01. The van der Waals surface area contributed by atoms with Crippen LogP contribution in [0.1, 0.15) is 6.42 Å². The molecule has 3 heterocycles. The monoisotopic (exact) mass is 334 g/mol. The number of hydrogen-bond donors (Lipinski definition) is 0. The topological polar surface area (TPSA) is 58.4 Å². The number of piperazine rings is 1. The predicted molar refractivity (Wildman–Crippen MR) is 89.9 cm³/mol. The summed E-state index contributed by atoms with van der Waals surface area (Å²) in [4.78, 5) is 9.20. The molecule has 2 aromatic rings. The molecule has 1 aromatic heterocycles. The van der Waals surface area contributed by atoms with Gasteiger partial charge in [0.1, 0.15) is 0 Å². The van der Waals surface area contributed by atoms with Crippen LogP contribution in [0.3, 0.4) is 0 Å². The maximum atomic E-state index is 11.6. The second-order valence-electron chi connectivity index (χ2n) is 6.56.